The number of likely N-dealkylation sites (N-methyl/N-ethyl adjacent to an activating group) is 2. The molecule has 2 N–H and O–H groups in total. The molecule has 16 heavy (non-hydrogen) atoms. The first-order valence-electron chi connectivity index (χ1n) is 6.83. The molecule has 0 aromatic carbocycles. The zero-order valence-corrected chi connectivity index (χ0v) is 11.3. The fraction of sp³-hybridized carbons (Fsp3) is 1.00. The molecular weight excluding hydrogens is 198 g/mol. The van der Waals surface area contributed by atoms with Crippen molar-refractivity contribution in [1.82, 2.24) is 9.80 Å². The maximum absolute atomic E-state index is 5.76. The smallest absolute Gasteiger partial charge is 0.0223 e. The van der Waals surface area contributed by atoms with E-state index in [4.69, 9.17) is 5.73 Å². The Morgan fingerprint density at radius 1 is 1.44 bits per heavy atom. The van der Waals surface area contributed by atoms with Gasteiger partial charge in [0.15, 0.2) is 0 Å². The summed E-state index contributed by atoms with van der Waals surface area (Å²) in [7, 11) is 2.24. The summed E-state index contributed by atoms with van der Waals surface area (Å²) in [6.45, 7) is 10.2. The fourth-order valence-corrected chi connectivity index (χ4v) is 2.76. The zero-order chi connectivity index (χ0) is 12.0. The SMILES string of the molecule is CCC(CN)CN(C)CC1CCCN1CC. The van der Waals surface area contributed by atoms with Crippen LogP contribution in [0.25, 0.3) is 0 Å². The van der Waals surface area contributed by atoms with E-state index in [-0.39, 0.29) is 0 Å². The molecule has 2 atom stereocenters. The van der Waals surface area contributed by atoms with Gasteiger partial charge in [0.2, 0.25) is 0 Å². The van der Waals surface area contributed by atoms with Crippen LogP contribution in [0.15, 0.2) is 0 Å². The van der Waals surface area contributed by atoms with Gasteiger partial charge in [0, 0.05) is 19.1 Å². The van der Waals surface area contributed by atoms with Crippen molar-refractivity contribution in [2.24, 2.45) is 11.7 Å². The van der Waals surface area contributed by atoms with Gasteiger partial charge in [-0.2, -0.15) is 0 Å². The third kappa shape index (κ3) is 4.04. The van der Waals surface area contributed by atoms with Crippen molar-refractivity contribution in [3.63, 3.8) is 0 Å². The van der Waals surface area contributed by atoms with Gasteiger partial charge in [-0.3, -0.25) is 4.90 Å². The van der Waals surface area contributed by atoms with Crippen LogP contribution >= 0.6 is 0 Å². The van der Waals surface area contributed by atoms with E-state index < -0.39 is 0 Å². The molecule has 1 saturated heterocycles. The Hall–Kier alpha value is -0.120. The minimum Gasteiger partial charge on any atom is -0.330 e. The summed E-state index contributed by atoms with van der Waals surface area (Å²) < 4.78 is 0. The van der Waals surface area contributed by atoms with E-state index in [0.717, 1.165) is 19.1 Å². The van der Waals surface area contributed by atoms with E-state index in [1.165, 1.54) is 38.9 Å². The molecule has 96 valence electrons. The van der Waals surface area contributed by atoms with E-state index in [0.29, 0.717) is 5.92 Å². The van der Waals surface area contributed by atoms with Gasteiger partial charge in [0.05, 0.1) is 0 Å². The van der Waals surface area contributed by atoms with Crippen molar-refractivity contribution < 1.29 is 0 Å². The monoisotopic (exact) mass is 227 g/mol. The first-order chi connectivity index (χ1) is 7.71. The lowest BCUT2D eigenvalue weighted by Crippen LogP contribution is -2.41. The highest BCUT2D eigenvalue weighted by molar-refractivity contribution is 4.81. The van der Waals surface area contributed by atoms with Crippen LogP contribution in [-0.4, -0.2) is 55.6 Å². The Kier molecular flexibility index (Phi) is 6.32. The average Bonchev–Trinajstić information content (AvgIpc) is 2.73. The normalized spacial score (nSPS) is 24.2. The molecule has 0 aromatic heterocycles. The molecule has 0 saturated carbocycles. The second-order valence-electron chi connectivity index (χ2n) is 5.16. The fourth-order valence-electron chi connectivity index (χ4n) is 2.76. The van der Waals surface area contributed by atoms with Gasteiger partial charge in [0.1, 0.15) is 0 Å². The van der Waals surface area contributed by atoms with Crippen LogP contribution in [0.5, 0.6) is 0 Å². The maximum atomic E-state index is 5.76. The summed E-state index contributed by atoms with van der Waals surface area (Å²) >= 11 is 0. The number of nitrogens with zero attached hydrogens (tertiary/aromatic N) is 2. The van der Waals surface area contributed by atoms with Crippen molar-refractivity contribution in [2.45, 2.75) is 39.2 Å². The lowest BCUT2D eigenvalue weighted by Gasteiger charge is -2.29. The number of hydrogen-bond donors (Lipinski definition) is 1. The van der Waals surface area contributed by atoms with E-state index in [9.17, 15) is 0 Å². The van der Waals surface area contributed by atoms with Gasteiger partial charge in [-0.15, -0.1) is 0 Å². The van der Waals surface area contributed by atoms with Crippen LogP contribution in [0.1, 0.15) is 33.1 Å². The molecule has 1 aliphatic heterocycles. The number of nitrogens with two attached hydrogens (primary N) is 1. The minimum absolute atomic E-state index is 0.668. The summed E-state index contributed by atoms with van der Waals surface area (Å²) in [4.78, 5) is 5.08. The minimum atomic E-state index is 0.668. The van der Waals surface area contributed by atoms with Crippen LogP contribution < -0.4 is 5.73 Å². The summed E-state index contributed by atoms with van der Waals surface area (Å²) in [6, 6.07) is 0.783. The molecule has 0 bridgehead atoms. The molecule has 1 aliphatic rings. The summed E-state index contributed by atoms with van der Waals surface area (Å²) in [5.74, 6) is 0.668. The van der Waals surface area contributed by atoms with Crippen molar-refractivity contribution in [1.29, 1.82) is 0 Å². The van der Waals surface area contributed by atoms with Crippen molar-refractivity contribution in [3.8, 4) is 0 Å². The quantitative estimate of drug-likeness (QED) is 0.713. The third-order valence-corrected chi connectivity index (χ3v) is 3.91. The Bertz CT molecular complexity index is 180. The highest BCUT2D eigenvalue weighted by atomic mass is 15.2. The topological polar surface area (TPSA) is 32.5 Å². The van der Waals surface area contributed by atoms with E-state index in [2.05, 4.69) is 30.7 Å². The molecular formula is C13H29N3. The van der Waals surface area contributed by atoms with E-state index in [1.54, 1.807) is 0 Å². The van der Waals surface area contributed by atoms with Gasteiger partial charge in [-0.25, -0.2) is 0 Å². The molecule has 3 heteroatoms. The lowest BCUT2D eigenvalue weighted by atomic mass is 10.1. The van der Waals surface area contributed by atoms with Crippen LogP contribution in [0.2, 0.25) is 0 Å². The Morgan fingerprint density at radius 3 is 2.75 bits per heavy atom. The number of rotatable bonds is 7. The molecule has 1 fully saturated rings. The van der Waals surface area contributed by atoms with Crippen molar-refractivity contribution in [2.75, 3.05) is 39.8 Å². The first kappa shape index (κ1) is 13.9. The molecule has 0 aromatic rings. The summed E-state index contributed by atoms with van der Waals surface area (Å²) in [6.07, 6.45) is 3.95. The standard InChI is InChI=1S/C13H29N3/c1-4-12(9-14)10-15(3)11-13-7-6-8-16(13)5-2/h12-13H,4-11,14H2,1-3H3. The second-order valence-corrected chi connectivity index (χ2v) is 5.16. The van der Waals surface area contributed by atoms with Crippen LogP contribution in [0.3, 0.4) is 0 Å². The van der Waals surface area contributed by atoms with E-state index in [1.807, 2.05) is 0 Å². The third-order valence-electron chi connectivity index (χ3n) is 3.91. The van der Waals surface area contributed by atoms with Gasteiger partial charge in [0.25, 0.3) is 0 Å². The van der Waals surface area contributed by atoms with Gasteiger partial charge < -0.3 is 10.6 Å². The van der Waals surface area contributed by atoms with Crippen LogP contribution in [0.4, 0.5) is 0 Å². The lowest BCUT2D eigenvalue weighted by molar-refractivity contribution is 0.182. The molecule has 0 amide bonds. The van der Waals surface area contributed by atoms with Crippen molar-refractivity contribution in [3.05, 3.63) is 0 Å². The van der Waals surface area contributed by atoms with Gasteiger partial charge in [-0.1, -0.05) is 20.3 Å². The van der Waals surface area contributed by atoms with Gasteiger partial charge >= 0.3 is 0 Å². The predicted molar refractivity (Wildman–Crippen MR) is 70.6 cm³/mol. The molecule has 0 aliphatic carbocycles. The molecule has 0 radical (unpaired) electrons. The maximum Gasteiger partial charge on any atom is 0.0223 e. The Balaban J connectivity index is 2.29. The molecule has 3 nitrogen and oxygen atoms in total. The number of hydrogen-bond acceptors (Lipinski definition) is 3. The highest BCUT2D eigenvalue weighted by Gasteiger charge is 2.24. The van der Waals surface area contributed by atoms with E-state index >= 15 is 0 Å². The zero-order valence-electron chi connectivity index (χ0n) is 11.3. The number of likely N-dealkylation sites (tertiary alicyclic amines) is 1. The Labute approximate surface area is 101 Å². The summed E-state index contributed by atoms with van der Waals surface area (Å²) in [5.41, 5.74) is 5.76. The largest absolute Gasteiger partial charge is 0.330 e. The predicted octanol–water partition coefficient (Wildman–Crippen LogP) is 1.39. The molecule has 2 unspecified atom stereocenters. The van der Waals surface area contributed by atoms with Crippen LogP contribution in [-0.2, 0) is 0 Å². The average molecular weight is 227 g/mol. The van der Waals surface area contributed by atoms with Crippen molar-refractivity contribution >= 4 is 0 Å². The molecule has 0 spiro atoms. The first-order valence-corrected chi connectivity index (χ1v) is 6.83. The Morgan fingerprint density at radius 2 is 2.19 bits per heavy atom. The van der Waals surface area contributed by atoms with Crippen LogP contribution in [0, 0.1) is 5.92 Å². The second kappa shape index (κ2) is 7.25. The molecule has 1 heterocycles. The molecule has 1 rings (SSSR count). The highest BCUT2D eigenvalue weighted by Crippen LogP contribution is 2.17. The summed E-state index contributed by atoms with van der Waals surface area (Å²) in [5, 5.41) is 0. The van der Waals surface area contributed by atoms with Gasteiger partial charge in [-0.05, 0) is 45.4 Å².